The number of nitrogens with one attached hydrogen (secondary N) is 2. The van der Waals surface area contributed by atoms with E-state index in [0.717, 1.165) is 0 Å². The van der Waals surface area contributed by atoms with Gasteiger partial charge in [0.15, 0.2) is 0 Å². The van der Waals surface area contributed by atoms with Crippen molar-refractivity contribution in [2.24, 2.45) is 0 Å². The molecule has 0 aliphatic heterocycles. The van der Waals surface area contributed by atoms with E-state index >= 15 is 0 Å². The van der Waals surface area contributed by atoms with Crippen molar-refractivity contribution >= 4 is 31.7 Å². The van der Waals surface area contributed by atoms with Crippen LogP contribution in [0, 0.1) is 6.92 Å². The Balaban J connectivity index is 3.09. The van der Waals surface area contributed by atoms with Gasteiger partial charge >= 0.3 is 5.97 Å². The molecule has 1 aromatic carbocycles. The standard InChI is InChI=1S/C11H16N2O6S2/c1-8-3-4-9(21(18,19)12-2)7-10(8)13-20(16,17)6-5-11(14)15/h3-4,7,12-13H,5-6H2,1-2H3,(H,14,15). The molecule has 0 heterocycles. The van der Waals surface area contributed by atoms with Crippen LogP contribution < -0.4 is 9.44 Å². The highest BCUT2D eigenvalue weighted by molar-refractivity contribution is 7.92. The number of hydrogen-bond donors (Lipinski definition) is 3. The quantitative estimate of drug-likeness (QED) is 0.648. The lowest BCUT2D eigenvalue weighted by Gasteiger charge is -2.12. The molecule has 0 unspecified atom stereocenters. The molecule has 0 amide bonds. The number of benzene rings is 1. The Bertz CT molecular complexity index is 740. The lowest BCUT2D eigenvalue weighted by atomic mass is 10.2. The van der Waals surface area contributed by atoms with Crippen molar-refractivity contribution in [2.75, 3.05) is 17.5 Å². The van der Waals surface area contributed by atoms with Gasteiger partial charge in [-0.05, 0) is 31.7 Å². The Hall–Kier alpha value is -1.65. The number of aliphatic carboxylic acids is 1. The molecule has 118 valence electrons. The second-order valence-electron chi connectivity index (χ2n) is 4.25. The molecular weight excluding hydrogens is 320 g/mol. The van der Waals surface area contributed by atoms with Crippen LogP contribution in [0.1, 0.15) is 12.0 Å². The van der Waals surface area contributed by atoms with Crippen molar-refractivity contribution in [3.8, 4) is 0 Å². The molecule has 1 rings (SSSR count). The third-order valence-corrected chi connectivity index (χ3v) is 5.32. The van der Waals surface area contributed by atoms with Crippen LogP contribution in [0.5, 0.6) is 0 Å². The zero-order valence-corrected chi connectivity index (χ0v) is 13.1. The van der Waals surface area contributed by atoms with Gasteiger partial charge in [-0.15, -0.1) is 0 Å². The average molecular weight is 336 g/mol. The van der Waals surface area contributed by atoms with Gasteiger partial charge in [-0.1, -0.05) is 6.07 Å². The van der Waals surface area contributed by atoms with Crippen LogP contribution in [0.2, 0.25) is 0 Å². The number of carboxylic acids is 1. The fourth-order valence-electron chi connectivity index (χ4n) is 1.44. The van der Waals surface area contributed by atoms with E-state index in [1.54, 1.807) is 6.92 Å². The first-order valence-corrected chi connectivity index (χ1v) is 8.97. The molecular formula is C11H16N2O6S2. The maximum atomic E-state index is 11.7. The van der Waals surface area contributed by atoms with Crippen molar-refractivity contribution in [1.29, 1.82) is 0 Å². The summed E-state index contributed by atoms with van der Waals surface area (Å²) in [6.45, 7) is 1.60. The topological polar surface area (TPSA) is 130 Å². The van der Waals surface area contributed by atoms with Crippen LogP contribution in [0.25, 0.3) is 0 Å². The number of carbonyl (C=O) groups is 1. The number of hydrogen-bond acceptors (Lipinski definition) is 5. The van der Waals surface area contributed by atoms with Crippen LogP contribution in [-0.4, -0.2) is 40.7 Å². The van der Waals surface area contributed by atoms with Crippen molar-refractivity contribution < 1.29 is 26.7 Å². The Morgan fingerprint density at radius 2 is 1.86 bits per heavy atom. The van der Waals surface area contributed by atoms with Gasteiger partial charge in [-0.2, -0.15) is 0 Å². The third-order valence-electron chi connectivity index (χ3n) is 2.64. The molecule has 0 aliphatic rings. The molecule has 8 nitrogen and oxygen atoms in total. The second kappa shape index (κ2) is 6.41. The molecule has 0 aliphatic carbocycles. The van der Waals surface area contributed by atoms with Gasteiger partial charge < -0.3 is 5.11 Å². The minimum Gasteiger partial charge on any atom is -0.481 e. The van der Waals surface area contributed by atoms with E-state index in [1.807, 2.05) is 0 Å². The predicted octanol–water partition coefficient (Wildman–Crippen LogP) is 0.120. The molecule has 0 fully saturated rings. The van der Waals surface area contributed by atoms with Gasteiger partial charge in [-0.3, -0.25) is 9.52 Å². The molecule has 0 aromatic heterocycles. The van der Waals surface area contributed by atoms with Gasteiger partial charge in [-0.25, -0.2) is 21.6 Å². The van der Waals surface area contributed by atoms with E-state index in [-0.39, 0.29) is 10.6 Å². The molecule has 0 atom stereocenters. The molecule has 10 heteroatoms. The monoisotopic (exact) mass is 336 g/mol. The summed E-state index contributed by atoms with van der Waals surface area (Å²) in [5.74, 6) is -1.83. The van der Waals surface area contributed by atoms with Crippen LogP contribution in [-0.2, 0) is 24.8 Å². The smallest absolute Gasteiger partial charge is 0.304 e. The number of anilines is 1. The Labute approximate surface area is 123 Å². The maximum Gasteiger partial charge on any atom is 0.304 e. The van der Waals surface area contributed by atoms with Gasteiger partial charge in [0.1, 0.15) is 0 Å². The SMILES string of the molecule is CNS(=O)(=O)c1ccc(C)c(NS(=O)(=O)CCC(=O)O)c1. The van der Waals surface area contributed by atoms with Gasteiger partial charge in [0.2, 0.25) is 20.0 Å². The van der Waals surface area contributed by atoms with E-state index in [4.69, 9.17) is 5.11 Å². The van der Waals surface area contributed by atoms with Crippen molar-refractivity contribution in [3.05, 3.63) is 23.8 Å². The highest BCUT2D eigenvalue weighted by Gasteiger charge is 2.17. The van der Waals surface area contributed by atoms with E-state index in [2.05, 4.69) is 9.44 Å². The number of sulfonamides is 2. The van der Waals surface area contributed by atoms with Crippen LogP contribution in [0.15, 0.2) is 23.1 Å². The summed E-state index contributed by atoms with van der Waals surface area (Å²) in [6.07, 6.45) is -0.539. The first-order chi connectivity index (χ1) is 9.57. The minimum absolute atomic E-state index is 0.0912. The molecule has 0 bridgehead atoms. The van der Waals surface area contributed by atoms with E-state index in [0.29, 0.717) is 5.56 Å². The van der Waals surface area contributed by atoms with Crippen LogP contribution in [0.3, 0.4) is 0 Å². The first-order valence-electron chi connectivity index (χ1n) is 5.84. The summed E-state index contributed by atoms with van der Waals surface area (Å²) in [7, 11) is -6.32. The Morgan fingerprint density at radius 3 is 2.38 bits per heavy atom. The summed E-state index contributed by atoms with van der Waals surface area (Å²) in [5.41, 5.74) is 0.612. The zero-order chi connectivity index (χ0) is 16.3. The van der Waals surface area contributed by atoms with Crippen LogP contribution in [0.4, 0.5) is 5.69 Å². The maximum absolute atomic E-state index is 11.7. The van der Waals surface area contributed by atoms with Crippen molar-refractivity contribution in [2.45, 2.75) is 18.2 Å². The molecule has 0 saturated carbocycles. The number of aryl methyl sites for hydroxylation is 1. The molecule has 0 saturated heterocycles. The summed E-state index contributed by atoms with van der Waals surface area (Å²) < 4.78 is 51.2. The lowest BCUT2D eigenvalue weighted by molar-refractivity contribution is -0.136. The summed E-state index contributed by atoms with van der Waals surface area (Å²) >= 11 is 0. The van der Waals surface area contributed by atoms with Crippen molar-refractivity contribution in [3.63, 3.8) is 0 Å². The highest BCUT2D eigenvalue weighted by atomic mass is 32.2. The average Bonchev–Trinajstić information content (AvgIpc) is 2.39. The number of carboxylic acid groups (broad SMARTS) is 1. The van der Waals surface area contributed by atoms with E-state index in [1.165, 1.54) is 25.2 Å². The summed E-state index contributed by atoms with van der Waals surface area (Å²) in [4.78, 5) is 10.3. The van der Waals surface area contributed by atoms with Crippen molar-refractivity contribution in [1.82, 2.24) is 4.72 Å². The molecule has 0 radical (unpaired) electrons. The molecule has 1 aromatic rings. The normalized spacial score (nSPS) is 12.1. The van der Waals surface area contributed by atoms with E-state index < -0.39 is 38.2 Å². The highest BCUT2D eigenvalue weighted by Crippen LogP contribution is 2.21. The lowest BCUT2D eigenvalue weighted by Crippen LogP contribution is -2.21. The Kier molecular flexibility index (Phi) is 5.31. The third kappa shape index (κ3) is 4.99. The molecule has 3 N–H and O–H groups in total. The fraction of sp³-hybridized carbons (Fsp3) is 0.364. The van der Waals surface area contributed by atoms with Gasteiger partial charge in [0.05, 0.1) is 22.8 Å². The fourth-order valence-corrected chi connectivity index (χ4v) is 3.29. The number of rotatable bonds is 7. The minimum atomic E-state index is -3.87. The van der Waals surface area contributed by atoms with E-state index in [9.17, 15) is 21.6 Å². The Morgan fingerprint density at radius 1 is 1.24 bits per heavy atom. The second-order valence-corrected chi connectivity index (χ2v) is 7.98. The predicted molar refractivity (Wildman–Crippen MR) is 77.1 cm³/mol. The first kappa shape index (κ1) is 17.4. The van der Waals surface area contributed by atoms with Gasteiger partial charge in [0, 0.05) is 0 Å². The van der Waals surface area contributed by atoms with Crippen LogP contribution >= 0.6 is 0 Å². The molecule has 21 heavy (non-hydrogen) atoms. The van der Waals surface area contributed by atoms with Gasteiger partial charge in [0.25, 0.3) is 0 Å². The molecule has 0 spiro atoms. The zero-order valence-electron chi connectivity index (χ0n) is 11.5. The summed E-state index contributed by atoms with van der Waals surface area (Å²) in [5, 5.41) is 8.50. The largest absolute Gasteiger partial charge is 0.481 e. The summed E-state index contributed by atoms with van der Waals surface area (Å²) in [6, 6.07) is 3.98.